The normalized spacial score (nSPS) is 27.8. The van der Waals surface area contributed by atoms with E-state index in [0.717, 1.165) is 65.1 Å². The molecule has 124 valence electrons. The molecule has 0 saturated carbocycles. The fourth-order valence-electron chi connectivity index (χ4n) is 3.21. The van der Waals surface area contributed by atoms with E-state index in [1.165, 1.54) is 6.42 Å². The van der Waals surface area contributed by atoms with Crippen LogP contribution in [0, 0.1) is 0 Å². The Kier molecular flexibility index (Phi) is 7.95. The molecule has 5 nitrogen and oxygen atoms in total. The number of halogens is 1. The Morgan fingerprint density at radius 3 is 2.67 bits per heavy atom. The molecule has 2 heterocycles. The van der Waals surface area contributed by atoms with E-state index in [4.69, 9.17) is 4.74 Å². The number of amides is 1. The molecule has 0 bridgehead atoms. The fourth-order valence-corrected chi connectivity index (χ4v) is 3.21. The van der Waals surface area contributed by atoms with E-state index in [2.05, 4.69) is 22.0 Å². The monoisotopic (exact) mass is 319 g/mol. The van der Waals surface area contributed by atoms with Crippen molar-refractivity contribution in [3.8, 4) is 0 Å². The third-order valence-electron chi connectivity index (χ3n) is 4.58. The summed E-state index contributed by atoms with van der Waals surface area (Å²) in [6, 6.07) is 0. The summed E-state index contributed by atoms with van der Waals surface area (Å²) in [5.41, 5.74) is -0.333. The molecule has 0 radical (unpaired) electrons. The van der Waals surface area contributed by atoms with Crippen LogP contribution >= 0.6 is 12.4 Å². The van der Waals surface area contributed by atoms with E-state index in [1.54, 1.807) is 7.11 Å². The van der Waals surface area contributed by atoms with Gasteiger partial charge in [0.15, 0.2) is 0 Å². The van der Waals surface area contributed by atoms with Crippen LogP contribution in [0.15, 0.2) is 0 Å². The van der Waals surface area contributed by atoms with Gasteiger partial charge in [-0.1, -0.05) is 0 Å². The van der Waals surface area contributed by atoms with Gasteiger partial charge in [0, 0.05) is 33.3 Å². The molecule has 1 amide bonds. The lowest BCUT2D eigenvalue weighted by Gasteiger charge is -2.37. The van der Waals surface area contributed by atoms with Gasteiger partial charge in [-0.25, -0.2) is 0 Å². The molecule has 0 aromatic carbocycles. The first-order valence-corrected chi connectivity index (χ1v) is 7.91. The topological polar surface area (TPSA) is 44.8 Å². The van der Waals surface area contributed by atoms with E-state index in [1.807, 2.05) is 0 Å². The number of hydrogen-bond acceptors (Lipinski definition) is 4. The minimum absolute atomic E-state index is 0. The predicted octanol–water partition coefficient (Wildman–Crippen LogP) is 1.12. The molecular formula is C15H30ClN3O2. The SMILES string of the molecule is COCCN1CCCN(C(=O)C2(C)CCCCN2)CC1.Cl. The first-order chi connectivity index (χ1) is 9.65. The highest BCUT2D eigenvalue weighted by Crippen LogP contribution is 2.22. The van der Waals surface area contributed by atoms with Gasteiger partial charge in [0.25, 0.3) is 0 Å². The lowest BCUT2D eigenvalue weighted by atomic mass is 9.89. The van der Waals surface area contributed by atoms with Gasteiger partial charge in [0.1, 0.15) is 0 Å². The second-order valence-electron chi connectivity index (χ2n) is 6.20. The van der Waals surface area contributed by atoms with Crippen LogP contribution in [0.1, 0.15) is 32.6 Å². The van der Waals surface area contributed by atoms with Gasteiger partial charge in [0.2, 0.25) is 5.91 Å². The molecule has 1 atom stereocenters. The third kappa shape index (κ3) is 5.09. The van der Waals surface area contributed by atoms with Gasteiger partial charge in [-0.2, -0.15) is 0 Å². The Morgan fingerprint density at radius 2 is 2.00 bits per heavy atom. The summed E-state index contributed by atoms with van der Waals surface area (Å²) in [6.45, 7) is 8.54. The summed E-state index contributed by atoms with van der Waals surface area (Å²) in [7, 11) is 1.74. The molecular weight excluding hydrogens is 290 g/mol. The molecule has 2 rings (SSSR count). The van der Waals surface area contributed by atoms with Crippen LogP contribution in [0.5, 0.6) is 0 Å². The van der Waals surface area contributed by atoms with Crippen molar-refractivity contribution in [1.82, 2.24) is 15.1 Å². The van der Waals surface area contributed by atoms with E-state index in [-0.39, 0.29) is 17.9 Å². The summed E-state index contributed by atoms with van der Waals surface area (Å²) in [6.07, 6.45) is 4.37. The van der Waals surface area contributed by atoms with Crippen LogP contribution in [0.3, 0.4) is 0 Å². The molecule has 0 aromatic rings. The first-order valence-electron chi connectivity index (χ1n) is 7.91. The third-order valence-corrected chi connectivity index (χ3v) is 4.58. The van der Waals surface area contributed by atoms with Crippen molar-refractivity contribution in [2.75, 3.05) is 53.0 Å². The number of methoxy groups -OCH3 is 1. The van der Waals surface area contributed by atoms with Crippen LogP contribution in [0.2, 0.25) is 0 Å². The van der Waals surface area contributed by atoms with Crippen molar-refractivity contribution >= 4 is 18.3 Å². The zero-order valence-corrected chi connectivity index (χ0v) is 14.2. The zero-order valence-electron chi connectivity index (χ0n) is 13.4. The smallest absolute Gasteiger partial charge is 0.242 e. The average Bonchev–Trinajstić information content (AvgIpc) is 2.70. The summed E-state index contributed by atoms with van der Waals surface area (Å²) in [4.78, 5) is 17.2. The lowest BCUT2D eigenvalue weighted by molar-refractivity contribution is -0.138. The Hall–Kier alpha value is -0.360. The molecule has 2 aliphatic heterocycles. The van der Waals surface area contributed by atoms with Crippen molar-refractivity contribution in [3.63, 3.8) is 0 Å². The van der Waals surface area contributed by atoms with Crippen molar-refractivity contribution in [1.29, 1.82) is 0 Å². The maximum atomic E-state index is 12.8. The number of nitrogens with one attached hydrogen (secondary N) is 1. The first kappa shape index (κ1) is 18.7. The molecule has 6 heteroatoms. The molecule has 1 unspecified atom stereocenters. The Morgan fingerprint density at radius 1 is 1.19 bits per heavy atom. The molecule has 0 aromatic heterocycles. The van der Waals surface area contributed by atoms with Crippen molar-refractivity contribution in [2.45, 2.75) is 38.1 Å². The number of rotatable bonds is 4. The van der Waals surface area contributed by atoms with Crippen LogP contribution in [-0.2, 0) is 9.53 Å². The van der Waals surface area contributed by atoms with Crippen LogP contribution in [0.4, 0.5) is 0 Å². The highest BCUT2D eigenvalue weighted by molar-refractivity contribution is 5.86. The quantitative estimate of drug-likeness (QED) is 0.843. The minimum Gasteiger partial charge on any atom is -0.383 e. The van der Waals surface area contributed by atoms with Crippen molar-refractivity contribution < 1.29 is 9.53 Å². The highest BCUT2D eigenvalue weighted by atomic mass is 35.5. The molecule has 2 aliphatic rings. The summed E-state index contributed by atoms with van der Waals surface area (Å²) < 4.78 is 5.14. The van der Waals surface area contributed by atoms with Crippen LogP contribution < -0.4 is 5.32 Å². The lowest BCUT2D eigenvalue weighted by Crippen LogP contribution is -2.58. The molecule has 0 spiro atoms. The number of piperidine rings is 1. The van der Waals surface area contributed by atoms with E-state index in [0.29, 0.717) is 5.91 Å². The van der Waals surface area contributed by atoms with Crippen molar-refractivity contribution in [2.24, 2.45) is 0 Å². The van der Waals surface area contributed by atoms with Crippen LogP contribution in [-0.4, -0.2) is 74.2 Å². The van der Waals surface area contributed by atoms with Gasteiger partial charge in [-0.05, 0) is 45.7 Å². The largest absolute Gasteiger partial charge is 0.383 e. The Balaban J connectivity index is 0.00000220. The maximum Gasteiger partial charge on any atom is 0.242 e. The van der Waals surface area contributed by atoms with Gasteiger partial charge in [0.05, 0.1) is 12.1 Å². The summed E-state index contributed by atoms with van der Waals surface area (Å²) >= 11 is 0. The number of hydrogen-bond donors (Lipinski definition) is 1. The van der Waals surface area contributed by atoms with Crippen LogP contribution in [0.25, 0.3) is 0 Å². The second-order valence-corrected chi connectivity index (χ2v) is 6.20. The predicted molar refractivity (Wildman–Crippen MR) is 87.0 cm³/mol. The fraction of sp³-hybridized carbons (Fsp3) is 0.933. The number of carbonyl (C=O) groups is 1. The second kappa shape index (κ2) is 8.93. The summed E-state index contributed by atoms with van der Waals surface area (Å²) in [5.74, 6) is 0.297. The zero-order chi connectivity index (χ0) is 14.4. The van der Waals surface area contributed by atoms with E-state index >= 15 is 0 Å². The van der Waals surface area contributed by atoms with Gasteiger partial charge < -0.3 is 15.0 Å². The van der Waals surface area contributed by atoms with E-state index < -0.39 is 0 Å². The standard InChI is InChI=1S/C15H29N3O2.ClH/c1-15(6-3-4-7-16-15)14(19)18-9-5-8-17(10-11-18)12-13-20-2;/h16H,3-13H2,1-2H3;1H. The van der Waals surface area contributed by atoms with Gasteiger partial charge in [-0.3, -0.25) is 9.69 Å². The Bertz CT molecular complexity index is 322. The highest BCUT2D eigenvalue weighted by Gasteiger charge is 2.37. The van der Waals surface area contributed by atoms with Crippen molar-refractivity contribution in [3.05, 3.63) is 0 Å². The molecule has 2 fully saturated rings. The number of ether oxygens (including phenoxy) is 1. The minimum atomic E-state index is -0.333. The van der Waals surface area contributed by atoms with E-state index in [9.17, 15) is 4.79 Å². The number of carbonyl (C=O) groups excluding carboxylic acids is 1. The summed E-state index contributed by atoms with van der Waals surface area (Å²) in [5, 5.41) is 3.43. The molecule has 2 saturated heterocycles. The molecule has 1 N–H and O–H groups in total. The van der Waals surface area contributed by atoms with Gasteiger partial charge >= 0.3 is 0 Å². The molecule has 21 heavy (non-hydrogen) atoms. The Labute approximate surface area is 134 Å². The maximum absolute atomic E-state index is 12.8. The van der Waals surface area contributed by atoms with Gasteiger partial charge in [-0.15, -0.1) is 12.4 Å². The number of nitrogens with zero attached hydrogens (tertiary/aromatic N) is 2. The molecule has 0 aliphatic carbocycles. The average molecular weight is 320 g/mol.